The lowest BCUT2D eigenvalue weighted by Gasteiger charge is -2.34. The van der Waals surface area contributed by atoms with Gasteiger partial charge in [-0.1, -0.05) is 6.07 Å². The van der Waals surface area contributed by atoms with Crippen molar-refractivity contribution in [3.05, 3.63) is 57.5 Å². The number of aromatic amines is 1. The maximum atomic E-state index is 13.1. The van der Waals surface area contributed by atoms with Crippen LogP contribution in [0.25, 0.3) is 0 Å². The third kappa shape index (κ3) is 4.15. The molecule has 5 rings (SSSR count). The molecule has 1 amide bonds. The number of aromatic nitrogens is 1. The van der Waals surface area contributed by atoms with Gasteiger partial charge in [0, 0.05) is 55.7 Å². The van der Waals surface area contributed by atoms with Crippen molar-refractivity contribution in [3.63, 3.8) is 0 Å². The minimum absolute atomic E-state index is 0.0278. The highest BCUT2D eigenvalue weighted by Crippen LogP contribution is 2.30. The number of anilines is 2. The van der Waals surface area contributed by atoms with E-state index in [0.29, 0.717) is 5.56 Å². The molecule has 1 aliphatic heterocycles. The number of pyridine rings is 1. The molecule has 1 aromatic carbocycles. The molecule has 1 aromatic heterocycles. The maximum Gasteiger partial charge on any atom is 0.254 e. The topological polar surface area (TPSA) is 68.4 Å². The van der Waals surface area contributed by atoms with E-state index in [1.165, 1.54) is 19.4 Å². The number of fused-ring (bicyclic) bond motifs is 1. The molecule has 1 saturated carbocycles. The molecule has 6 nitrogen and oxygen atoms in total. The Morgan fingerprint density at radius 1 is 1.07 bits per heavy atom. The summed E-state index contributed by atoms with van der Waals surface area (Å²) in [6.45, 7) is 4.76. The van der Waals surface area contributed by atoms with Gasteiger partial charge in [-0.2, -0.15) is 0 Å². The third-order valence-electron chi connectivity index (χ3n) is 6.68. The van der Waals surface area contributed by atoms with Crippen LogP contribution < -0.4 is 10.9 Å². The van der Waals surface area contributed by atoms with Gasteiger partial charge in [-0.3, -0.25) is 14.5 Å². The summed E-state index contributed by atoms with van der Waals surface area (Å²) in [5.41, 5.74) is 4.60. The Balaban J connectivity index is 1.28. The zero-order valence-electron chi connectivity index (χ0n) is 17.5. The summed E-state index contributed by atoms with van der Waals surface area (Å²) in [4.78, 5) is 32.5. The second-order valence-electron chi connectivity index (χ2n) is 8.94. The van der Waals surface area contributed by atoms with Crippen molar-refractivity contribution >= 4 is 17.3 Å². The number of H-pyrrole nitrogens is 1. The number of piperazine rings is 1. The molecule has 0 radical (unpaired) electrons. The quantitative estimate of drug-likeness (QED) is 0.800. The van der Waals surface area contributed by atoms with Crippen LogP contribution in [0.5, 0.6) is 0 Å². The molecule has 3 aliphatic rings. The summed E-state index contributed by atoms with van der Waals surface area (Å²) in [5.74, 6) is 1.00. The van der Waals surface area contributed by atoms with Crippen LogP contribution in [0.4, 0.5) is 11.4 Å². The Morgan fingerprint density at radius 3 is 2.60 bits per heavy atom. The number of hydrogen-bond donors (Lipinski definition) is 2. The van der Waals surface area contributed by atoms with E-state index in [9.17, 15) is 9.59 Å². The molecule has 2 N–H and O–H groups in total. The molecule has 0 atom stereocenters. The monoisotopic (exact) mass is 406 g/mol. The fourth-order valence-corrected chi connectivity index (χ4v) is 4.74. The summed E-state index contributed by atoms with van der Waals surface area (Å²) in [6.07, 6.45) is 8.44. The largest absolute Gasteiger partial charge is 0.354 e. The van der Waals surface area contributed by atoms with Crippen molar-refractivity contribution in [1.29, 1.82) is 0 Å². The number of carbonyl (C=O) groups is 1. The van der Waals surface area contributed by atoms with Gasteiger partial charge in [0.25, 0.3) is 11.5 Å². The summed E-state index contributed by atoms with van der Waals surface area (Å²) < 4.78 is 0. The van der Waals surface area contributed by atoms with Gasteiger partial charge in [-0.25, -0.2) is 0 Å². The van der Waals surface area contributed by atoms with E-state index in [4.69, 9.17) is 0 Å². The van der Waals surface area contributed by atoms with Crippen LogP contribution >= 0.6 is 0 Å². The molecule has 158 valence electrons. The normalized spacial score (nSPS) is 19.4. The first-order chi connectivity index (χ1) is 14.7. The van der Waals surface area contributed by atoms with E-state index < -0.39 is 0 Å². The number of benzene rings is 1. The number of hydrogen-bond acceptors (Lipinski definition) is 4. The average molecular weight is 407 g/mol. The molecule has 1 saturated heterocycles. The summed E-state index contributed by atoms with van der Waals surface area (Å²) in [7, 11) is 0. The van der Waals surface area contributed by atoms with Crippen LogP contribution in [-0.4, -0.2) is 53.4 Å². The number of carbonyl (C=O) groups excluding carboxylic acids is 1. The van der Waals surface area contributed by atoms with E-state index in [2.05, 4.69) is 15.2 Å². The smallest absolute Gasteiger partial charge is 0.254 e. The maximum absolute atomic E-state index is 13.1. The predicted molar refractivity (Wildman–Crippen MR) is 118 cm³/mol. The summed E-state index contributed by atoms with van der Waals surface area (Å²) in [5, 5.41) is 3.44. The molecule has 30 heavy (non-hydrogen) atoms. The lowest BCUT2D eigenvalue weighted by atomic mass is 9.92. The molecule has 2 aliphatic carbocycles. The van der Waals surface area contributed by atoms with Crippen LogP contribution in [-0.2, 0) is 12.8 Å². The molecule has 2 aromatic rings. The number of rotatable bonds is 5. The molecule has 0 spiro atoms. The third-order valence-corrected chi connectivity index (χ3v) is 6.68. The van der Waals surface area contributed by atoms with Crippen molar-refractivity contribution in [2.24, 2.45) is 5.92 Å². The number of nitrogens with one attached hydrogen (secondary N) is 2. The van der Waals surface area contributed by atoms with Gasteiger partial charge < -0.3 is 15.2 Å². The van der Waals surface area contributed by atoms with Gasteiger partial charge in [0.1, 0.15) is 0 Å². The highest BCUT2D eigenvalue weighted by Gasteiger charge is 2.28. The Labute approximate surface area is 177 Å². The van der Waals surface area contributed by atoms with E-state index in [0.717, 1.165) is 80.3 Å². The zero-order valence-corrected chi connectivity index (χ0v) is 17.5. The van der Waals surface area contributed by atoms with Gasteiger partial charge in [-0.15, -0.1) is 0 Å². The number of nitrogens with zero attached hydrogens (tertiary/aromatic N) is 2. The minimum Gasteiger partial charge on any atom is -0.354 e. The average Bonchev–Trinajstić information content (AvgIpc) is 3.60. The van der Waals surface area contributed by atoms with E-state index in [-0.39, 0.29) is 11.5 Å². The highest BCUT2D eigenvalue weighted by molar-refractivity contribution is 5.95. The van der Waals surface area contributed by atoms with Crippen LogP contribution in [0, 0.1) is 5.92 Å². The molecule has 0 bridgehead atoms. The van der Waals surface area contributed by atoms with E-state index in [1.54, 1.807) is 6.20 Å². The van der Waals surface area contributed by atoms with Crippen LogP contribution in [0.1, 0.15) is 47.2 Å². The van der Waals surface area contributed by atoms with Crippen LogP contribution in [0.3, 0.4) is 0 Å². The molecular weight excluding hydrogens is 376 g/mol. The molecule has 2 fully saturated rings. The molecule has 2 heterocycles. The molecular formula is C24H30N4O2. The van der Waals surface area contributed by atoms with Gasteiger partial charge in [-0.05, 0) is 68.2 Å². The first kappa shape index (κ1) is 19.4. The van der Waals surface area contributed by atoms with Crippen molar-refractivity contribution < 1.29 is 4.79 Å². The van der Waals surface area contributed by atoms with Crippen molar-refractivity contribution in [1.82, 2.24) is 14.8 Å². The Kier molecular flexibility index (Phi) is 5.34. The second-order valence-corrected chi connectivity index (χ2v) is 8.94. The first-order valence-corrected chi connectivity index (χ1v) is 11.3. The van der Waals surface area contributed by atoms with Gasteiger partial charge in [0.2, 0.25) is 0 Å². The standard InChI is InChI=1S/C24H30N4O2/c29-23-21-7-2-1-6-20(21)22(15-25-23)26-19-5-3-4-18(14-19)24(30)28-12-10-27(11-13-28)16-17-8-9-17/h3-5,14-15,17,26H,1-2,6-13,16H2,(H,25,29). The van der Waals surface area contributed by atoms with Crippen molar-refractivity contribution in [2.75, 3.05) is 38.0 Å². The Morgan fingerprint density at radius 2 is 1.83 bits per heavy atom. The molecule has 6 heteroatoms. The van der Waals surface area contributed by atoms with E-state index in [1.807, 2.05) is 29.2 Å². The van der Waals surface area contributed by atoms with Crippen molar-refractivity contribution in [3.8, 4) is 0 Å². The minimum atomic E-state index is 0.0278. The Hall–Kier alpha value is -2.60. The highest BCUT2D eigenvalue weighted by atomic mass is 16.2. The second kappa shape index (κ2) is 8.26. The lowest BCUT2D eigenvalue weighted by molar-refractivity contribution is 0.0632. The van der Waals surface area contributed by atoms with Crippen LogP contribution in [0.15, 0.2) is 35.3 Å². The number of amides is 1. The van der Waals surface area contributed by atoms with Crippen molar-refractivity contribution in [2.45, 2.75) is 38.5 Å². The fraction of sp³-hybridized carbons (Fsp3) is 0.500. The molecule has 0 unspecified atom stereocenters. The first-order valence-electron chi connectivity index (χ1n) is 11.3. The van der Waals surface area contributed by atoms with Gasteiger partial charge >= 0.3 is 0 Å². The zero-order chi connectivity index (χ0) is 20.5. The van der Waals surface area contributed by atoms with Gasteiger partial charge in [0.15, 0.2) is 0 Å². The van der Waals surface area contributed by atoms with E-state index >= 15 is 0 Å². The van der Waals surface area contributed by atoms with Crippen LogP contribution in [0.2, 0.25) is 0 Å². The lowest BCUT2D eigenvalue weighted by Crippen LogP contribution is -2.49. The fourth-order valence-electron chi connectivity index (χ4n) is 4.74. The summed E-state index contributed by atoms with van der Waals surface area (Å²) >= 11 is 0. The SMILES string of the molecule is O=C(c1cccc(Nc2c[nH]c(=O)c3c2CCCC3)c1)N1CCN(CC2CC2)CC1. The summed E-state index contributed by atoms with van der Waals surface area (Å²) in [6, 6.07) is 7.73. The predicted octanol–water partition coefficient (Wildman–Crippen LogP) is 3.17. The Bertz CT molecular complexity index is 987. The van der Waals surface area contributed by atoms with Gasteiger partial charge in [0.05, 0.1) is 5.69 Å².